The van der Waals surface area contributed by atoms with Gasteiger partial charge in [0.2, 0.25) is 0 Å². The van der Waals surface area contributed by atoms with Crippen LogP contribution in [0.1, 0.15) is 51.5 Å². The number of hydrogen-bond acceptors (Lipinski definition) is 3. The Balaban J connectivity index is 1.48. The predicted octanol–water partition coefficient (Wildman–Crippen LogP) is 4.54. The van der Waals surface area contributed by atoms with Crippen LogP contribution < -0.4 is 0 Å². The maximum Gasteiger partial charge on any atom is 0.253 e. The highest BCUT2D eigenvalue weighted by molar-refractivity contribution is 6.31. The zero-order valence-electron chi connectivity index (χ0n) is 17.7. The average Bonchev–Trinajstić information content (AvgIpc) is 2.70. The van der Waals surface area contributed by atoms with Crippen molar-refractivity contribution in [3.05, 3.63) is 58.4 Å². The van der Waals surface area contributed by atoms with Crippen LogP contribution in [-0.2, 0) is 6.42 Å². The summed E-state index contributed by atoms with van der Waals surface area (Å²) in [6, 6.07) is 3.80. The second kappa shape index (κ2) is 8.30. The largest absolute Gasteiger partial charge is 0.338 e. The molecule has 2 aromatic rings. The van der Waals surface area contributed by atoms with E-state index in [0.29, 0.717) is 25.1 Å². The van der Waals surface area contributed by atoms with Gasteiger partial charge in [0, 0.05) is 41.6 Å². The number of amides is 1. The van der Waals surface area contributed by atoms with Crippen LogP contribution in [0.2, 0.25) is 5.02 Å². The average molecular weight is 397 g/mol. The number of benzene rings is 1. The molecule has 2 heterocycles. The zero-order valence-corrected chi connectivity index (χ0v) is 15.5. The molecule has 1 aliphatic heterocycles. The number of rotatable bonds is 5. The third kappa shape index (κ3) is 5.01. The van der Waals surface area contributed by atoms with Crippen molar-refractivity contribution in [1.29, 1.82) is 0 Å². The van der Waals surface area contributed by atoms with Crippen LogP contribution in [0, 0.1) is 12.7 Å². The van der Waals surface area contributed by atoms with Crippen LogP contribution in [0.4, 0.5) is 8.78 Å². The van der Waals surface area contributed by atoms with Gasteiger partial charge >= 0.3 is 0 Å². The van der Waals surface area contributed by atoms with Gasteiger partial charge < -0.3 is 4.90 Å². The normalized spacial score (nSPS) is 18.5. The van der Waals surface area contributed by atoms with Crippen LogP contribution in [-0.4, -0.2) is 39.5 Å². The molecule has 1 aliphatic rings. The maximum atomic E-state index is 15.1. The van der Waals surface area contributed by atoms with Gasteiger partial charge in [0.25, 0.3) is 5.91 Å². The molecule has 0 bridgehead atoms. The summed E-state index contributed by atoms with van der Waals surface area (Å²) in [5.74, 6) is -0.402. The maximum absolute atomic E-state index is 15.1. The number of hydrogen-bond donors (Lipinski definition) is 0. The van der Waals surface area contributed by atoms with E-state index in [1.807, 2.05) is 0 Å². The van der Waals surface area contributed by atoms with Gasteiger partial charge in [0.15, 0.2) is 0 Å². The zero-order chi connectivity index (χ0) is 21.9. The molecule has 1 aromatic heterocycles. The molecule has 0 atom stereocenters. The fraction of sp³-hybridized carbons (Fsp3) is 0.450. The first-order chi connectivity index (χ1) is 14.1. The van der Waals surface area contributed by atoms with Gasteiger partial charge in [-0.05, 0) is 56.3 Å². The minimum Gasteiger partial charge on any atom is -0.338 e. The van der Waals surface area contributed by atoms with E-state index in [4.69, 9.17) is 15.7 Å². The lowest BCUT2D eigenvalue weighted by Gasteiger charge is -2.36. The number of nitrogens with zero attached hydrogens (tertiary/aromatic N) is 3. The van der Waals surface area contributed by atoms with Crippen LogP contribution in [0.15, 0.2) is 30.6 Å². The van der Waals surface area contributed by atoms with Crippen LogP contribution in [0.3, 0.4) is 0 Å². The second-order valence-corrected chi connectivity index (χ2v) is 7.22. The summed E-state index contributed by atoms with van der Waals surface area (Å²) in [4.78, 5) is 22.2. The van der Waals surface area contributed by atoms with Gasteiger partial charge in [-0.3, -0.25) is 4.79 Å². The van der Waals surface area contributed by atoms with Crippen LogP contribution >= 0.6 is 11.6 Å². The van der Waals surface area contributed by atoms with E-state index in [1.165, 1.54) is 24.5 Å². The first-order valence-corrected chi connectivity index (χ1v) is 9.20. The highest BCUT2D eigenvalue weighted by Crippen LogP contribution is 2.32. The molecular formula is C20H22ClF2N3O. The van der Waals surface area contributed by atoms with Gasteiger partial charge in [0.05, 0.1) is 5.02 Å². The lowest BCUT2D eigenvalue weighted by Crippen LogP contribution is -2.44. The number of likely N-dealkylation sites (tertiary alicyclic amines) is 1. The summed E-state index contributed by atoms with van der Waals surface area (Å²) in [6.45, 7) is -1.70. The lowest BCUT2D eigenvalue weighted by molar-refractivity contribution is 0.0389. The summed E-state index contributed by atoms with van der Waals surface area (Å²) < 4.78 is 50.4. The molecule has 144 valence electrons. The van der Waals surface area contributed by atoms with E-state index in [1.54, 1.807) is 4.90 Å². The number of halogens is 3. The van der Waals surface area contributed by atoms with E-state index < -0.39 is 18.3 Å². The standard InChI is InChI=1S/C20H22ClF2N3O/c1-14-12-24-18(25-13-14)3-2-6-20(23)7-9-26(10-8-20)19(27)15-4-5-17(22)16(21)11-15/h4-5,11-13H,2-3,6-10H2,1H3/i1D3. The topological polar surface area (TPSA) is 46.1 Å². The minimum absolute atomic E-state index is 0.0766. The Kier molecular flexibility index (Phi) is 4.89. The van der Waals surface area contributed by atoms with Gasteiger partial charge in [-0.15, -0.1) is 0 Å². The number of alkyl halides is 1. The van der Waals surface area contributed by atoms with E-state index >= 15 is 4.39 Å². The van der Waals surface area contributed by atoms with Crippen molar-refractivity contribution in [3.8, 4) is 0 Å². The third-order valence-corrected chi connectivity index (χ3v) is 5.13. The monoisotopic (exact) mass is 396 g/mol. The number of carbonyl (C=O) groups is 1. The molecule has 27 heavy (non-hydrogen) atoms. The Morgan fingerprint density at radius 1 is 1.33 bits per heavy atom. The van der Waals surface area contributed by atoms with E-state index in [9.17, 15) is 9.18 Å². The molecule has 0 saturated carbocycles. The third-order valence-electron chi connectivity index (χ3n) is 4.84. The second-order valence-electron chi connectivity index (χ2n) is 6.81. The number of aryl methyl sites for hydroxylation is 2. The van der Waals surface area contributed by atoms with Crippen molar-refractivity contribution in [1.82, 2.24) is 14.9 Å². The summed E-state index contributed by atoms with van der Waals surface area (Å²) >= 11 is 5.74. The fourth-order valence-corrected chi connectivity index (χ4v) is 3.40. The van der Waals surface area contributed by atoms with Crippen molar-refractivity contribution in [2.75, 3.05) is 13.1 Å². The first-order valence-electron chi connectivity index (χ1n) is 10.3. The van der Waals surface area contributed by atoms with Gasteiger partial charge in [-0.25, -0.2) is 18.7 Å². The van der Waals surface area contributed by atoms with Crippen molar-refractivity contribution >= 4 is 17.5 Å². The molecule has 7 heteroatoms. The van der Waals surface area contributed by atoms with Crippen molar-refractivity contribution < 1.29 is 17.7 Å². The molecular weight excluding hydrogens is 372 g/mol. The summed E-state index contributed by atoms with van der Waals surface area (Å²) in [5.41, 5.74) is -1.02. The fourth-order valence-electron chi connectivity index (χ4n) is 3.22. The highest BCUT2D eigenvalue weighted by Gasteiger charge is 2.35. The Labute approximate surface area is 166 Å². The lowest BCUT2D eigenvalue weighted by atomic mass is 9.88. The number of piperidine rings is 1. The number of carbonyl (C=O) groups excluding carboxylic acids is 1. The quantitative estimate of drug-likeness (QED) is 0.745. The molecule has 1 fully saturated rings. The Morgan fingerprint density at radius 3 is 2.67 bits per heavy atom. The van der Waals surface area contributed by atoms with Crippen molar-refractivity contribution in [3.63, 3.8) is 0 Å². The smallest absolute Gasteiger partial charge is 0.253 e. The summed E-state index contributed by atoms with van der Waals surface area (Å²) in [5, 5.41) is -0.119. The Bertz CT molecular complexity index is 901. The van der Waals surface area contributed by atoms with Crippen molar-refractivity contribution in [2.24, 2.45) is 0 Å². The molecule has 4 nitrogen and oxygen atoms in total. The SMILES string of the molecule is [2H]C([2H])([2H])c1cnc(CCCC2(F)CCN(C(=O)c3ccc(F)c(Cl)c3)CC2)nc1. The van der Waals surface area contributed by atoms with Crippen LogP contribution in [0.5, 0.6) is 0 Å². The summed E-state index contributed by atoms with van der Waals surface area (Å²) in [6.07, 6.45) is 4.27. The van der Waals surface area contributed by atoms with Gasteiger partial charge in [0.1, 0.15) is 17.3 Å². The van der Waals surface area contributed by atoms with E-state index in [-0.39, 0.29) is 48.0 Å². The number of aromatic nitrogens is 2. The van der Waals surface area contributed by atoms with Crippen molar-refractivity contribution in [2.45, 2.75) is 44.6 Å². The minimum atomic E-state index is -2.24. The Hall–Kier alpha value is -2.08. The first kappa shape index (κ1) is 15.9. The molecule has 0 unspecified atom stereocenters. The molecule has 0 radical (unpaired) electrons. The molecule has 0 aliphatic carbocycles. The molecule has 1 amide bonds. The molecule has 0 N–H and O–H groups in total. The van der Waals surface area contributed by atoms with E-state index in [2.05, 4.69) is 9.97 Å². The summed E-state index contributed by atoms with van der Waals surface area (Å²) in [7, 11) is 0. The molecule has 1 saturated heterocycles. The molecule has 1 aromatic carbocycles. The highest BCUT2D eigenvalue weighted by atomic mass is 35.5. The van der Waals surface area contributed by atoms with Crippen LogP contribution in [0.25, 0.3) is 0 Å². The van der Waals surface area contributed by atoms with E-state index in [0.717, 1.165) is 6.07 Å². The van der Waals surface area contributed by atoms with Gasteiger partial charge in [-0.2, -0.15) is 0 Å². The van der Waals surface area contributed by atoms with Gasteiger partial charge in [-0.1, -0.05) is 11.6 Å². The molecule has 0 spiro atoms. The predicted molar refractivity (Wildman–Crippen MR) is 100 cm³/mol. The Morgan fingerprint density at radius 2 is 2.04 bits per heavy atom. The molecule has 3 rings (SSSR count).